The van der Waals surface area contributed by atoms with Crippen LogP contribution in [0.1, 0.15) is 34.8 Å². The molecule has 0 fully saturated rings. The summed E-state index contributed by atoms with van der Waals surface area (Å²) in [5.41, 5.74) is 3.19. The lowest BCUT2D eigenvalue weighted by atomic mass is 10.1. The molecule has 0 aliphatic rings. The topological polar surface area (TPSA) is 84.5 Å². The standard InChI is InChI=1S/C24H26N2O4S/c1-3-16-31(28,29)26-23-11-7-10-22(18(23)2)25-24(27)20-12-14-21(15-13-20)30-17-19-8-5-4-6-9-19/h4-15,26H,3,16-17H2,1-2H3,(H,25,27). The van der Waals surface area contributed by atoms with E-state index in [9.17, 15) is 13.2 Å². The van der Waals surface area contributed by atoms with Gasteiger partial charge in [0.2, 0.25) is 10.0 Å². The van der Waals surface area contributed by atoms with Crippen LogP contribution < -0.4 is 14.8 Å². The zero-order chi connectivity index (χ0) is 22.3. The largest absolute Gasteiger partial charge is 0.489 e. The maximum atomic E-state index is 12.7. The monoisotopic (exact) mass is 438 g/mol. The summed E-state index contributed by atoms with van der Waals surface area (Å²) < 4.78 is 32.5. The maximum Gasteiger partial charge on any atom is 0.255 e. The van der Waals surface area contributed by atoms with Crippen LogP contribution in [0, 0.1) is 6.92 Å². The summed E-state index contributed by atoms with van der Waals surface area (Å²) in [6.45, 7) is 4.02. The fourth-order valence-electron chi connectivity index (χ4n) is 3.01. The van der Waals surface area contributed by atoms with Crippen LogP contribution in [0.5, 0.6) is 5.75 Å². The van der Waals surface area contributed by atoms with Crippen LogP contribution in [0.15, 0.2) is 72.8 Å². The first-order valence-electron chi connectivity index (χ1n) is 10.1. The van der Waals surface area contributed by atoms with Gasteiger partial charge in [0, 0.05) is 11.3 Å². The smallest absolute Gasteiger partial charge is 0.255 e. The highest BCUT2D eigenvalue weighted by Crippen LogP contribution is 2.25. The van der Waals surface area contributed by atoms with Crippen LogP contribution in [-0.2, 0) is 16.6 Å². The lowest BCUT2D eigenvalue weighted by molar-refractivity contribution is 0.102. The van der Waals surface area contributed by atoms with E-state index in [1.807, 2.05) is 30.3 Å². The van der Waals surface area contributed by atoms with Crippen LogP contribution in [0.25, 0.3) is 0 Å². The van der Waals surface area contributed by atoms with E-state index >= 15 is 0 Å². The molecule has 3 rings (SSSR count). The molecule has 0 aliphatic carbocycles. The van der Waals surface area contributed by atoms with Gasteiger partial charge in [-0.2, -0.15) is 0 Å². The third-order valence-corrected chi connectivity index (χ3v) is 6.16. The first-order valence-corrected chi connectivity index (χ1v) is 11.7. The maximum absolute atomic E-state index is 12.7. The number of amides is 1. The Morgan fingerprint density at radius 1 is 0.903 bits per heavy atom. The molecule has 7 heteroatoms. The molecule has 0 atom stereocenters. The number of anilines is 2. The molecule has 31 heavy (non-hydrogen) atoms. The molecule has 0 spiro atoms. The third-order valence-electron chi connectivity index (χ3n) is 4.69. The summed E-state index contributed by atoms with van der Waals surface area (Å²) >= 11 is 0. The van der Waals surface area contributed by atoms with Crippen LogP contribution in [0.2, 0.25) is 0 Å². The minimum Gasteiger partial charge on any atom is -0.489 e. The molecule has 162 valence electrons. The minimum absolute atomic E-state index is 0.0434. The second kappa shape index (κ2) is 10.1. The second-order valence-electron chi connectivity index (χ2n) is 7.15. The number of carbonyl (C=O) groups excluding carboxylic acids is 1. The van der Waals surface area contributed by atoms with Crippen molar-refractivity contribution in [2.75, 3.05) is 15.8 Å². The average Bonchev–Trinajstić information content (AvgIpc) is 2.76. The molecule has 0 saturated heterocycles. The van der Waals surface area contributed by atoms with Crippen molar-refractivity contribution >= 4 is 27.3 Å². The van der Waals surface area contributed by atoms with E-state index in [4.69, 9.17) is 4.74 Å². The van der Waals surface area contributed by atoms with Gasteiger partial charge in [-0.25, -0.2) is 8.42 Å². The highest BCUT2D eigenvalue weighted by atomic mass is 32.2. The highest BCUT2D eigenvalue weighted by Gasteiger charge is 2.14. The predicted octanol–water partition coefficient (Wildman–Crippen LogP) is 4.98. The van der Waals surface area contributed by atoms with Gasteiger partial charge >= 0.3 is 0 Å². The van der Waals surface area contributed by atoms with Gasteiger partial charge in [-0.1, -0.05) is 43.3 Å². The Hall–Kier alpha value is -3.32. The molecule has 2 N–H and O–H groups in total. The molecule has 0 heterocycles. The summed E-state index contributed by atoms with van der Waals surface area (Å²) in [7, 11) is -3.41. The summed E-state index contributed by atoms with van der Waals surface area (Å²) in [6.07, 6.45) is 0.524. The quantitative estimate of drug-likeness (QED) is 0.494. The Balaban J connectivity index is 1.65. The molecule has 0 aromatic heterocycles. The average molecular weight is 439 g/mol. The van der Waals surface area contributed by atoms with E-state index in [1.54, 1.807) is 56.3 Å². The summed E-state index contributed by atoms with van der Waals surface area (Å²) in [5.74, 6) is 0.428. The van der Waals surface area contributed by atoms with Crippen molar-refractivity contribution in [3.05, 3.63) is 89.5 Å². The Labute approximate surface area is 183 Å². The van der Waals surface area contributed by atoms with Crippen molar-refractivity contribution < 1.29 is 17.9 Å². The van der Waals surface area contributed by atoms with Crippen LogP contribution in [0.4, 0.5) is 11.4 Å². The van der Waals surface area contributed by atoms with Gasteiger partial charge in [-0.3, -0.25) is 9.52 Å². The fourth-order valence-corrected chi connectivity index (χ4v) is 4.20. The van der Waals surface area contributed by atoms with Crippen LogP contribution in [-0.4, -0.2) is 20.1 Å². The Morgan fingerprint density at radius 3 is 2.26 bits per heavy atom. The van der Waals surface area contributed by atoms with Crippen LogP contribution in [0.3, 0.4) is 0 Å². The Kier molecular flexibility index (Phi) is 7.31. The summed E-state index contributed by atoms with van der Waals surface area (Å²) in [5, 5.41) is 2.85. The SMILES string of the molecule is CCCS(=O)(=O)Nc1cccc(NC(=O)c2ccc(OCc3ccccc3)cc2)c1C. The van der Waals surface area contributed by atoms with Gasteiger partial charge in [-0.15, -0.1) is 0 Å². The van der Waals surface area contributed by atoms with Gasteiger partial charge in [0.1, 0.15) is 12.4 Å². The van der Waals surface area contributed by atoms with E-state index in [-0.39, 0.29) is 11.7 Å². The number of benzene rings is 3. The van der Waals surface area contributed by atoms with Crippen molar-refractivity contribution in [1.29, 1.82) is 0 Å². The van der Waals surface area contributed by atoms with E-state index < -0.39 is 10.0 Å². The number of nitrogens with one attached hydrogen (secondary N) is 2. The lowest BCUT2D eigenvalue weighted by Crippen LogP contribution is -2.18. The number of carbonyl (C=O) groups is 1. The van der Waals surface area contributed by atoms with Crippen molar-refractivity contribution in [3.8, 4) is 5.75 Å². The summed E-state index contributed by atoms with van der Waals surface area (Å²) in [6, 6.07) is 21.8. The third kappa shape index (κ3) is 6.33. The van der Waals surface area contributed by atoms with Crippen molar-refractivity contribution in [3.63, 3.8) is 0 Å². The van der Waals surface area contributed by atoms with E-state index in [2.05, 4.69) is 10.0 Å². The van der Waals surface area contributed by atoms with E-state index in [0.717, 1.165) is 5.56 Å². The number of hydrogen-bond donors (Lipinski definition) is 2. The number of ether oxygens (including phenoxy) is 1. The number of rotatable bonds is 9. The van der Waals surface area contributed by atoms with E-state index in [0.29, 0.717) is 41.3 Å². The van der Waals surface area contributed by atoms with Gasteiger partial charge in [0.15, 0.2) is 0 Å². The van der Waals surface area contributed by atoms with Gasteiger partial charge in [0.25, 0.3) is 5.91 Å². The van der Waals surface area contributed by atoms with Gasteiger partial charge in [-0.05, 0) is 60.9 Å². The van der Waals surface area contributed by atoms with E-state index in [1.165, 1.54) is 0 Å². The van der Waals surface area contributed by atoms with Gasteiger partial charge < -0.3 is 10.1 Å². The summed E-state index contributed by atoms with van der Waals surface area (Å²) in [4.78, 5) is 12.7. The lowest BCUT2D eigenvalue weighted by Gasteiger charge is -2.14. The Morgan fingerprint density at radius 2 is 1.58 bits per heavy atom. The fraction of sp³-hybridized carbons (Fsp3) is 0.208. The van der Waals surface area contributed by atoms with Crippen molar-refractivity contribution in [1.82, 2.24) is 0 Å². The minimum atomic E-state index is -3.41. The molecule has 0 saturated carbocycles. The molecular formula is C24H26N2O4S. The second-order valence-corrected chi connectivity index (χ2v) is 8.99. The molecule has 0 aliphatic heterocycles. The molecule has 0 unspecified atom stereocenters. The van der Waals surface area contributed by atoms with Crippen LogP contribution >= 0.6 is 0 Å². The van der Waals surface area contributed by atoms with Gasteiger partial charge in [0.05, 0.1) is 11.4 Å². The zero-order valence-electron chi connectivity index (χ0n) is 17.6. The zero-order valence-corrected chi connectivity index (χ0v) is 18.4. The number of sulfonamides is 1. The normalized spacial score (nSPS) is 11.0. The van der Waals surface area contributed by atoms with Crippen molar-refractivity contribution in [2.45, 2.75) is 26.9 Å². The molecule has 0 bridgehead atoms. The molecule has 6 nitrogen and oxygen atoms in total. The first kappa shape index (κ1) is 22.4. The Bertz CT molecular complexity index is 1130. The van der Waals surface area contributed by atoms with Crippen molar-refractivity contribution in [2.24, 2.45) is 0 Å². The first-order chi connectivity index (χ1) is 14.9. The predicted molar refractivity (Wildman–Crippen MR) is 124 cm³/mol. The number of hydrogen-bond acceptors (Lipinski definition) is 4. The molecule has 3 aromatic rings. The molecule has 0 radical (unpaired) electrons. The molecule has 1 amide bonds. The molecular weight excluding hydrogens is 412 g/mol. The molecule has 3 aromatic carbocycles. The highest BCUT2D eigenvalue weighted by molar-refractivity contribution is 7.92.